The molecule has 0 N–H and O–H groups in total. The minimum atomic E-state index is -1.60. The molecule has 0 aliphatic heterocycles. The number of rotatable bonds is 4. The van der Waals surface area contributed by atoms with Crippen LogP contribution in [0.5, 0.6) is 0 Å². The molecule has 0 radical (unpaired) electrons. The molecule has 2 nitrogen and oxygen atoms in total. The molecular formula is C6H12MgO2. The third-order valence-corrected chi connectivity index (χ3v) is 1.04. The zero-order valence-electron chi connectivity index (χ0n) is 5.93. The van der Waals surface area contributed by atoms with Gasteiger partial charge in [-0.3, -0.25) is 0 Å². The van der Waals surface area contributed by atoms with E-state index in [-0.39, 0.29) is 23.1 Å². The Labute approximate surface area is 72.4 Å². The quantitative estimate of drug-likeness (QED) is 0.293. The van der Waals surface area contributed by atoms with E-state index < -0.39 is 6.29 Å². The van der Waals surface area contributed by atoms with Crippen molar-refractivity contribution in [2.45, 2.75) is 38.9 Å². The summed E-state index contributed by atoms with van der Waals surface area (Å²) in [6.45, 7) is 2.05. The summed E-state index contributed by atoms with van der Waals surface area (Å²) >= 11 is 0. The van der Waals surface area contributed by atoms with Crippen molar-refractivity contribution in [3.63, 3.8) is 0 Å². The molecule has 0 rings (SSSR count). The third-order valence-electron chi connectivity index (χ3n) is 1.04. The fourth-order valence-corrected chi connectivity index (χ4v) is 0.561. The molecule has 0 saturated heterocycles. The van der Waals surface area contributed by atoms with Crippen LogP contribution in [0.4, 0.5) is 0 Å². The van der Waals surface area contributed by atoms with E-state index in [0.29, 0.717) is 6.42 Å². The Balaban J connectivity index is 0. The molecule has 0 spiro atoms. The molecule has 0 aliphatic rings. The zero-order chi connectivity index (χ0) is 6.41. The van der Waals surface area contributed by atoms with Crippen molar-refractivity contribution in [1.29, 1.82) is 0 Å². The minimum absolute atomic E-state index is 0. The van der Waals surface area contributed by atoms with E-state index in [2.05, 4.69) is 0 Å². The monoisotopic (exact) mass is 140 g/mol. The Bertz CT molecular complexity index is 48.3. The van der Waals surface area contributed by atoms with E-state index in [1.54, 1.807) is 0 Å². The van der Waals surface area contributed by atoms with Gasteiger partial charge in [-0.05, 0) is 0 Å². The summed E-state index contributed by atoms with van der Waals surface area (Å²) in [5, 5.41) is 19.7. The minimum Gasteiger partial charge on any atom is -0.865 e. The Kier molecular flexibility index (Phi) is 11.9. The van der Waals surface area contributed by atoms with Gasteiger partial charge in [0.25, 0.3) is 0 Å². The fraction of sp³-hybridized carbons (Fsp3) is 1.00. The standard InChI is InChI=1S/C6H12O2.Mg/c1-2-3-4-5-6(7)8;/h6H,2-5H2,1H3;/q-2;+2. The molecule has 0 amide bonds. The van der Waals surface area contributed by atoms with Gasteiger partial charge in [-0.1, -0.05) is 32.6 Å². The predicted octanol–water partition coefficient (Wildman–Crippen LogP) is -0.767. The first-order valence-electron chi connectivity index (χ1n) is 3.09. The van der Waals surface area contributed by atoms with Crippen molar-refractivity contribution in [3.8, 4) is 0 Å². The van der Waals surface area contributed by atoms with Crippen molar-refractivity contribution in [3.05, 3.63) is 0 Å². The van der Waals surface area contributed by atoms with Crippen LogP contribution in [-0.2, 0) is 0 Å². The van der Waals surface area contributed by atoms with E-state index in [0.717, 1.165) is 19.3 Å². The van der Waals surface area contributed by atoms with Crippen LogP contribution in [0.25, 0.3) is 0 Å². The first kappa shape index (κ1) is 12.4. The van der Waals surface area contributed by atoms with E-state index in [4.69, 9.17) is 0 Å². The van der Waals surface area contributed by atoms with Crippen LogP contribution in [0.15, 0.2) is 0 Å². The molecule has 0 heterocycles. The van der Waals surface area contributed by atoms with Crippen LogP contribution in [0.1, 0.15) is 32.6 Å². The maximum Gasteiger partial charge on any atom is 2.00 e. The maximum atomic E-state index is 9.85. The van der Waals surface area contributed by atoms with Crippen LogP contribution < -0.4 is 10.2 Å². The van der Waals surface area contributed by atoms with Gasteiger partial charge < -0.3 is 10.2 Å². The van der Waals surface area contributed by atoms with Crippen LogP contribution in [-0.4, -0.2) is 29.3 Å². The van der Waals surface area contributed by atoms with Crippen molar-refractivity contribution in [1.82, 2.24) is 0 Å². The predicted molar refractivity (Wildman–Crippen MR) is 33.7 cm³/mol. The molecule has 50 valence electrons. The van der Waals surface area contributed by atoms with Crippen molar-refractivity contribution < 1.29 is 10.2 Å². The molecule has 0 aromatic carbocycles. The Morgan fingerprint density at radius 2 is 1.78 bits per heavy atom. The first-order valence-corrected chi connectivity index (χ1v) is 3.09. The average molecular weight is 140 g/mol. The molecule has 0 atom stereocenters. The van der Waals surface area contributed by atoms with Gasteiger partial charge in [0.05, 0.1) is 0 Å². The molecule has 0 fully saturated rings. The van der Waals surface area contributed by atoms with Gasteiger partial charge in [0.1, 0.15) is 0 Å². The topological polar surface area (TPSA) is 46.1 Å². The van der Waals surface area contributed by atoms with Gasteiger partial charge in [0, 0.05) is 0 Å². The van der Waals surface area contributed by atoms with Gasteiger partial charge in [0.15, 0.2) is 0 Å². The second-order valence-corrected chi connectivity index (χ2v) is 1.93. The summed E-state index contributed by atoms with van der Waals surface area (Å²) < 4.78 is 0. The summed E-state index contributed by atoms with van der Waals surface area (Å²) in [6.07, 6.45) is 1.59. The molecule has 0 aromatic heterocycles. The van der Waals surface area contributed by atoms with Gasteiger partial charge >= 0.3 is 23.1 Å². The average Bonchev–Trinajstić information content (AvgIpc) is 1.66. The molecule has 9 heavy (non-hydrogen) atoms. The summed E-state index contributed by atoms with van der Waals surface area (Å²) in [5.74, 6) is 0. The summed E-state index contributed by atoms with van der Waals surface area (Å²) in [5.41, 5.74) is 0. The number of hydrogen-bond acceptors (Lipinski definition) is 2. The van der Waals surface area contributed by atoms with Crippen LogP contribution in [0.3, 0.4) is 0 Å². The molecule has 0 aromatic rings. The van der Waals surface area contributed by atoms with E-state index in [9.17, 15) is 10.2 Å². The second kappa shape index (κ2) is 8.69. The SMILES string of the molecule is CCCCCC([O-])[O-].[Mg+2]. The van der Waals surface area contributed by atoms with E-state index in [1.165, 1.54) is 0 Å². The van der Waals surface area contributed by atoms with Gasteiger partial charge in [0.2, 0.25) is 0 Å². The van der Waals surface area contributed by atoms with Crippen LogP contribution >= 0.6 is 0 Å². The maximum absolute atomic E-state index is 9.85. The fourth-order valence-electron chi connectivity index (χ4n) is 0.561. The first-order chi connectivity index (χ1) is 3.77. The largest absolute Gasteiger partial charge is 2.00 e. The molecule has 0 unspecified atom stereocenters. The van der Waals surface area contributed by atoms with E-state index in [1.807, 2.05) is 6.92 Å². The van der Waals surface area contributed by atoms with Crippen LogP contribution in [0.2, 0.25) is 0 Å². The molecule has 0 saturated carbocycles. The van der Waals surface area contributed by atoms with Crippen molar-refractivity contribution in [2.24, 2.45) is 0 Å². The van der Waals surface area contributed by atoms with Crippen molar-refractivity contribution >= 4 is 23.1 Å². The van der Waals surface area contributed by atoms with Gasteiger partial charge in [-0.15, -0.1) is 0 Å². The molecule has 0 bridgehead atoms. The summed E-state index contributed by atoms with van der Waals surface area (Å²) in [4.78, 5) is 0. The molecule has 0 aliphatic carbocycles. The number of unbranched alkanes of at least 4 members (excludes halogenated alkanes) is 2. The van der Waals surface area contributed by atoms with Crippen molar-refractivity contribution in [2.75, 3.05) is 0 Å². The Hall–Kier alpha value is 0.686. The van der Waals surface area contributed by atoms with Crippen LogP contribution in [0, 0.1) is 0 Å². The molecular weight excluding hydrogens is 128 g/mol. The third kappa shape index (κ3) is 12.0. The normalized spacial score (nSPS) is 9.33. The summed E-state index contributed by atoms with van der Waals surface area (Å²) in [7, 11) is 0. The Morgan fingerprint density at radius 1 is 1.22 bits per heavy atom. The zero-order valence-corrected chi connectivity index (χ0v) is 7.34. The second-order valence-electron chi connectivity index (χ2n) is 1.93. The van der Waals surface area contributed by atoms with Gasteiger partial charge in [-0.25, -0.2) is 6.29 Å². The Morgan fingerprint density at radius 3 is 2.11 bits per heavy atom. The smallest absolute Gasteiger partial charge is 0.865 e. The molecule has 3 heteroatoms. The van der Waals surface area contributed by atoms with E-state index >= 15 is 0 Å². The summed E-state index contributed by atoms with van der Waals surface area (Å²) in [6, 6.07) is 0. The number of hydrogen-bond donors (Lipinski definition) is 0. The van der Waals surface area contributed by atoms with Gasteiger partial charge in [-0.2, -0.15) is 0 Å².